The first-order valence-corrected chi connectivity index (χ1v) is 18.9. The van der Waals surface area contributed by atoms with E-state index in [9.17, 15) is 4.79 Å². The third-order valence-corrected chi connectivity index (χ3v) is 12.5. The third kappa shape index (κ3) is 6.02. The van der Waals surface area contributed by atoms with Crippen molar-refractivity contribution in [2.45, 2.75) is 81.8 Å². The molecule has 0 N–H and O–H groups in total. The lowest BCUT2D eigenvalue weighted by Gasteiger charge is -2.35. The Bertz CT molecular complexity index is 1990. The van der Waals surface area contributed by atoms with Gasteiger partial charge in [-0.25, -0.2) is 0 Å². The molecule has 4 aromatic rings. The predicted molar refractivity (Wildman–Crippen MR) is 197 cm³/mol. The Hall–Kier alpha value is -4.22. The van der Waals surface area contributed by atoms with Crippen LogP contribution >= 0.6 is 11.6 Å². The number of ether oxygens (including phenoxy) is 1. The molecule has 3 saturated heterocycles. The van der Waals surface area contributed by atoms with E-state index in [0.29, 0.717) is 38.1 Å². The molecule has 12 heteroatoms. The van der Waals surface area contributed by atoms with Gasteiger partial charge in [-0.05, 0) is 82.0 Å². The van der Waals surface area contributed by atoms with Gasteiger partial charge in [-0.1, -0.05) is 47.9 Å². The van der Waals surface area contributed by atoms with E-state index in [1.165, 1.54) is 12.8 Å². The van der Waals surface area contributed by atoms with E-state index < -0.39 is 0 Å². The highest BCUT2D eigenvalue weighted by atomic mass is 35.5. The van der Waals surface area contributed by atoms with Crippen LogP contribution in [0.2, 0.25) is 5.02 Å². The van der Waals surface area contributed by atoms with Crippen LogP contribution in [0, 0.1) is 0 Å². The van der Waals surface area contributed by atoms with Crippen molar-refractivity contribution >= 4 is 45.9 Å². The summed E-state index contributed by atoms with van der Waals surface area (Å²) in [7, 11) is 2.10. The summed E-state index contributed by atoms with van der Waals surface area (Å²) >= 11 is 6.77. The van der Waals surface area contributed by atoms with E-state index in [2.05, 4.69) is 63.1 Å². The maximum Gasteiger partial charge on any atom is 0.318 e. The minimum atomic E-state index is -0.0571. The molecule has 2 aromatic carbocycles. The molecule has 1 atom stereocenters. The van der Waals surface area contributed by atoms with E-state index >= 15 is 0 Å². The lowest BCUT2D eigenvalue weighted by molar-refractivity contribution is -0.124. The summed E-state index contributed by atoms with van der Waals surface area (Å²) < 4.78 is 12.0. The number of likely N-dealkylation sites (tertiary alicyclic amines) is 1. The molecule has 51 heavy (non-hydrogen) atoms. The second-order valence-corrected chi connectivity index (χ2v) is 15.8. The van der Waals surface area contributed by atoms with Crippen LogP contribution < -0.4 is 14.5 Å². The van der Waals surface area contributed by atoms with Gasteiger partial charge in [0.15, 0.2) is 5.82 Å². The van der Waals surface area contributed by atoms with Gasteiger partial charge in [-0.3, -0.25) is 9.69 Å². The van der Waals surface area contributed by atoms with E-state index in [0.717, 1.165) is 103 Å². The number of rotatable bonds is 9. The summed E-state index contributed by atoms with van der Waals surface area (Å²) in [5, 5.41) is 7.07. The van der Waals surface area contributed by atoms with Crippen LogP contribution in [-0.2, 0) is 23.2 Å². The second kappa shape index (κ2) is 12.8. The van der Waals surface area contributed by atoms with Crippen LogP contribution in [0.4, 0.5) is 11.5 Å². The molecule has 4 aliphatic heterocycles. The van der Waals surface area contributed by atoms with Crippen LogP contribution in [0.25, 0.3) is 16.8 Å². The van der Waals surface area contributed by atoms with Crippen molar-refractivity contribution < 1.29 is 14.1 Å². The van der Waals surface area contributed by atoms with Crippen LogP contribution in [-0.4, -0.2) is 93.8 Å². The number of hydrogen-bond donors (Lipinski definition) is 0. The number of likely N-dealkylation sites (N-methyl/N-ethyl adjacent to an activating group) is 1. The fourth-order valence-corrected chi connectivity index (χ4v) is 9.07. The normalized spacial score (nSPS) is 22.1. The van der Waals surface area contributed by atoms with Crippen LogP contribution in [0.3, 0.4) is 0 Å². The number of benzene rings is 2. The standard InChI is InChI=1S/C39H45ClN8O3/c1-38(17-18-38)36-42-32(51-44-36)11-12-33(49)47-21-13-27(23-47)45(2)35-28-14-22-46(31-10-4-8-26-7-3-9-29(40)34(26)31)24-30(28)41-37(43-35)50-25-39-15-5-19-48(39)20-6-16-39/h3-4,7-12,27H,5-6,13-25H2,1-2H3/b12-11+. The Balaban J connectivity index is 0.966. The quantitative estimate of drug-likeness (QED) is 0.191. The number of halogens is 1. The van der Waals surface area contributed by atoms with Gasteiger partial charge >= 0.3 is 6.01 Å². The van der Waals surface area contributed by atoms with Gasteiger partial charge in [0.1, 0.15) is 12.4 Å². The van der Waals surface area contributed by atoms with E-state index in [4.69, 9.17) is 30.8 Å². The first-order valence-electron chi connectivity index (χ1n) is 18.5. The van der Waals surface area contributed by atoms with Crippen LogP contribution in [0.5, 0.6) is 6.01 Å². The average Bonchev–Trinajstić information content (AvgIpc) is 3.65. The van der Waals surface area contributed by atoms with Crippen LogP contribution in [0.15, 0.2) is 47.0 Å². The van der Waals surface area contributed by atoms with Gasteiger partial charge in [-0.15, -0.1) is 0 Å². The minimum absolute atomic E-state index is 0.0203. The van der Waals surface area contributed by atoms with Gasteiger partial charge in [-0.2, -0.15) is 15.0 Å². The van der Waals surface area contributed by atoms with Crippen molar-refractivity contribution in [1.29, 1.82) is 0 Å². The minimum Gasteiger partial charge on any atom is -0.461 e. The first kappa shape index (κ1) is 32.7. The van der Waals surface area contributed by atoms with E-state index in [1.807, 2.05) is 17.0 Å². The summed E-state index contributed by atoms with van der Waals surface area (Å²) in [5.41, 5.74) is 3.36. The third-order valence-electron chi connectivity index (χ3n) is 12.2. The van der Waals surface area contributed by atoms with Gasteiger partial charge in [0.05, 0.1) is 22.8 Å². The van der Waals surface area contributed by atoms with Gasteiger partial charge in [0.25, 0.3) is 5.89 Å². The molecule has 1 saturated carbocycles. The van der Waals surface area contributed by atoms with Gasteiger partial charge in [0.2, 0.25) is 5.91 Å². The van der Waals surface area contributed by atoms with E-state index in [1.54, 1.807) is 12.2 Å². The Labute approximate surface area is 303 Å². The number of carbonyl (C=O) groups excluding carboxylic acids is 1. The SMILES string of the molecule is CN(c1nc(OCC23CCCN2CCC3)nc2c1CCN(c1cccc3cccc(Cl)c13)C2)C1CCN(C(=O)/C=C/c2nc(C3(C)CC3)no2)C1. The van der Waals surface area contributed by atoms with E-state index in [-0.39, 0.29) is 22.9 Å². The number of anilines is 2. The number of aromatic nitrogens is 4. The lowest BCUT2D eigenvalue weighted by atomic mass is 9.95. The fourth-order valence-electron chi connectivity index (χ4n) is 8.79. The zero-order valence-electron chi connectivity index (χ0n) is 29.5. The molecule has 0 spiro atoms. The zero-order valence-corrected chi connectivity index (χ0v) is 30.2. The molecule has 0 bridgehead atoms. The summed E-state index contributed by atoms with van der Waals surface area (Å²) in [6.07, 6.45) is 11.7. The van der Waals surface area contributed by atoms with Crippen molar-refractivity contribution in [3.05, 3.63) is 70.5 Å². The molecule has 266 valence electrons. The lowest BCUT2D eigenvalue weighted by Crippen LogP contribution is -2.44. The molecule has 5 aliphatic rings. The van der Waals surface area contributed by atoms with Gasteiger partial charge in [0, 0.05) is 66.9 Å². The topological polar surface area (TPSA) is 104 Å². The van der Waals surface area contributed by atoms with Crippen molar-refractivity contribution in [2.24, 2.45) is 0 Å². The molecule has 11 nitrogen and oxygen atoms in total. The van der Waals surface area contributed by atoms with Crippen molar-refractivity contribution in [2.75, 3.05) is 56.2 Å². The Morgan fingerprint density at radius 1 is 1.06 bits per heavy atom. The number of nitrogens with zero attached hydrogens (tertiary/aromatic N) is 8. The summed E-state index contributed by atoms with van der Waals surface area (Å²) in [4.78, 5) is 37.1. The molecule has 0 radical (unpaired) electrons. The zero-order chi connectivity index (χ0) is 34.7. The highest BCUT2D eigenvalue weighted by molar-refractivity contribution is 6.36. The average molecular weight is 709 g/mol. The molecule has 9 rings (SSSR count). The van der Waals surface area contributed by atoms with Crippen LogP contribution in [0.1, 0.15) is 74.8 Å². The number of fused-ring (bicyclic) bond motifs is 3. The summed E-state index contributed by atoms with van der Waals surface area (Å²) in [6, 6.07) is 13.0. The van der Waals surface area contributed by atoms with Gasteiger partial charge < -0.3 is 24.0 Å². The highest BCUT2D eigenvalue weighted by Crippen LogP contribution is 2.46. The second-order valence-electron chi connectivity index (χ2n) is 15.4. The molecule has 1 aliphatic carbocycles. The maximum absolute atomic E-state index is 13.3. The molecule has 2 aromatic heterocycles. The number of amides is 1. The van der Waals surface area contributed by atoms with Crippen molar-refractivity contribution in [1.82, 2.24) is 29.9 Å². The summed E-state index contributed by atoms with van der Waals surface area (Å²) in [6.45, 7) is 7.74. The Kier molecular flexibility index (Phi) is 8.18. The maximum atomic E-state index is 13.3. The predicted octanol–water partition coefficient (Wildman–Crippen LogP) is 6.04. The molecule has 6 heterocycles. The molecule has 1 amide bonds. The molecular formula is C39H45ClN8O3. The molecule has 4 fully saturated rings. The first-order chi connectivity index (χ1) is 24.8. The largest absolute Gasteiger partial charge is 0.461 e. The Morgan fingerprint density at radius 3 is 2.67 bits per heavy atom. The number of carbonyl (C=O) groups is 1. The Morgan fingerprint density at radius 2 is 1.86 bits per heavy atom. The monoisotopic (exact) mass is 708 g/mol. The van der Waals surface area contributed by atoms with Crippen molar-refractivity contribution in [3.63, 3.8) is 0 Å². The highest BCUT2D eigenvalue weighted by Gasteiger charge is 2.45. The number of hydrogen-bond acceptors (Lipinski definition) is 10. The molecule has 1 unspecified atom stereocenters. The molecular weight excluding hydrogens is 664 g/mol. The van der Waals surface area contributed by atoms with Crippen molar-refractivity contribution in [3.8, 4) is 6.01 Å². The summed E-state index contributed by atoms with van der Waals surface area (Å²) in [5.74, 6) is 1.94. The smallest absolute Gasteiger partial charge is 0.318 e. The fraction of sp³-hybridized carbons (Fsp3) is 0.513.